The molecule has 1 aliphatic heterocycles. The van der Waals surface area contributed by atoms with Crippen LogP contribution in [0.15, 0.2) is 59.1 Å². The van der Waals surface area contributed by atoms with E-state index in [0.717, 1.165) is 28.7 Å². The lowest BCUT2D eigenvalue weighted by molar-refractivity contribution is 0.0620. The molecule has 5 rings (SSSR count). The van der Waals surface area contributed by atoms with Crippen LogP contribution in [0.2, 0.25) is 5.02 Å². The van der Waals surface area contributed by atoms with Gasteiger partial charge in [-0.3, -0.25) is 9.69 Å². The second kappa shape index (κ2) is 8.18. The molecule has 0 saturated carbocycles. The first-order valence-electron chi connectivity index (χ1n) is 9.76. The fourth-order valence-electron chi connectivity index (χ4n) is 3.62. The fourth-order valence-corrected chi connectivity index (χ4v) is 5.10. The average Bonchev–Trinajstić information content (AvgIpc) is 3.39. The van der Waals surface area contributed by atoms with Crippen molar-refractivity contribution < 1.29 is 9.32 Å². The molecule has 152 valence electrons. The van der Waals surface area contributed by atoms with Crippen LogP contribution in [-0.4, -0.2) is 52.0 Å². The van der Waals surface area contributed by atoms with Crippen LogP contribution in [0.25, 0.3) is 21.5 Å². The molecule has 3 heterocycles. The molecule has 8 heteroatoms. The van der Waals surface area contributed by atoms with Crippen LogP contribution >= 0.6 is 22.9 Å². The van der Waals surface area contributed by atoms with Crippen molar-refractivity contribution in [1.29, 1.82) is 0 Å². The molecule has 1 aliphatic rings. The summed E-state index contributed by atoms with van der Waals surface area (Å²) in [7, 11) is 0. The molecule has 0 unspecified atom stereocenters. The molecule has 2 aromatic heterocycles. The molecule has 1 amide bonds. The van der Waals surface area contributed by atoms with E-state index in [1.54, 1.807) is 0 Å². The van der Waals surface area contributed by atoms with Gasteiger partial charge in [0.05, 0.1) is 11.6 Å². The second-order valence-electron chi connectivity index (χ2n) is 7.19. The van der Waals surface area contributed by atoms with Gasteiger partial charge in [-0.15, -0.1) is 11.3 Å². The number of rotatable bonds is 4. The molecule has 1 saturated heterocycles. The zero-order valence-electron chi connectivity index (χ0n) is 16.1. The van der Waals surface area contributed by atoms with Gasteiger partial charge in [-0.25, -0.2) is 0 Å². The number of nitrogens with zero attached hydrogens (tertiary/aromatic N) is 4. The van der Waals surface area contributed by atoms with E-state index < -0.39 is 0 Å². The fraction of sp³-hybridized carbons (Fsp3) is 0.227. The predicted octanol–water partition coefficient (Wildman–Crippen LogP) is 4.56. The van der Waals surface area contributed by atoms with E-state index in [-0.39, 0.29) is 5.91 Å². The van der Waals surface area contributed by atoms with Crippen molar-refractivity contribution in [2.75, 3.05) is 26.2 Å². The van der Waals surface area contributed by atoms with Crippen molar-refractivity contribution in [2.45, 2.75) is 6.54 Å². The molecule has 1 fully saturated rings. The third kappa shape index (κ3) is 3.71. The zero-order chi connectivity index (χ0) is 20.5. The maximum Gasteiger partial charge on any atom is 0.265 e. The zero-order valence-corrected chi connectivity index (χ0v) is 17.7. The molecule has 0 aliphatic carbocycles. The van der Waals surface area contributed by atoms with Gasteiger partial charge in [0.15, 0.2) is 0 Å². The number of aromatic nitrogens is 2. The number of hydrogen-bond donors (Lipinski definition) is 0. The first-order chi connectivity index (χ1) is 14.7. The highest BCUT2D eigenvalue weighted by Crippen LogP contribution is 2.36. The van der Waals surface area contributed by atoms with Crippen molar-refractivity contribution in [2.24, 2.45) is 0 Å². The number of piperazine rings is 1. The summed E-state index contributed by atoms with van der Waals surface area (Å²) in [5, 5.41) is 5.57. The Morgan fingerprint density at radius 2 is 1.77 bits per heavy atom. The Morgan fingerprint density at radius 1 is 1.03 bits per heavy atom. The van der Waals surface area contributed by atoms with Gasteiger partial charge in [0.1, 0.15) is 4.88 Å². The smallest absolute Gasteiger partial charge is 0.265 e. The van der Waals surface area contributed by atoms with Gasteiger partial charge in [0.2, 0.25) is 11.7 Å². The summed E-state index contributed by atoms with van der Waals surface area (Å²) in [4.78, 5) is 22.2. The van der Waals surface area contributed by atoms with Crippen LogP contribution in [-0.2, 0) is 6.54 Å². The van der Waals surface area contributed by atoms with Gasteiger partial charge >= 0.3 is 0 Å². The Kier molecular flexibility index (Phi) is 5.25. The third-order valence-corrected chi connectivity index (χ3v) is 6.91. The molecule has 0 atom stereocenters. The van der Waals surface area contributed by atoms with Crippen molar-refractivity contribution in [1.82, 2.24) is 19.9 Å². The summed E-state index contributed by atoms with van der Waals surface area (Å²) >= 11 is 7.94. The minimum absolute atomic E-state index is 0.00463. The average molecular weight is 439 g/mol. The molecule has 0 bridgehead atoms. The normalized spacial score (nSPS) is 15.0. The van der Waals surface area contributed by atoms with Gasteiger partial charge in [-0.1, -0.05) is 65.3 Å². The molecule has 0 spiro atoms. The summed E-state index contributed by atoms with van der Waals surface area (Å²) in [6, 6.07) is 17.6. The number of amides is 1. The van der Waals surface area contributed by atoms with Gasteiger partial charge in [-0.2, -0.15) is 4.98 Å². The molecular weight excluding hydrogens is 420 g/mol. The van der Waals surface area contributed by atoms with E-state index in [1.807, 2.05) is 59.5 Å². The van der Waals surface area contributed by atoms with E-state index in [1.165, 1.54) is 11.3 Å². The highest BCUT2D eigenvalue weighted by atomic mass is 35.5. The maximum absolute atomic E-state index is 13.0. The van der Waals surface area contributed by atoms with Gasteiger partial charge in [0, 0.05) is 41.8 Å². The Morgan fingerprint density at radius 3 is 2.53 bits per heavy atom. The van der Waals surface area contributed by atoms with Crippen molar-refractivity contribution in [3.63, 3.8) is 0 Å². The summed E-state index contributed by atoms with van der Waals surface area (Å²) in [6.07, 6.45) is 0. The van der Waals surface area contributed by atoms with Crippen LogP contribution in [0.5, 0.6) is 0 Å². The summed E-state index contributed by atoms with van der Waals surface area (Å²) in [6.45, 7) is 3.35. The summed E-state index contributed by atoms with van der Waals surface area (Å²) in [5.41, 5.74) is 0.933. The Bertz CT molecular complexity index is 1180. The molecule has 6 nitrogen and oxygen atoms in total. The quantitative estimate of drug-likeness (QED) is 0.467. The number of carbonyl (C=O) groups is 1. The van der Waals surface area contributed by atoms with Crippen molar-refractivity contribution >= 4 is 38.9 Å². The van der Waals surface area contributed by atoms with Crippen LogP contribution in [0.3, 0.4) is 0 Å². The molecule has 0 N–H and O–H groups in total. The topological polar surface area (TPSA) is 62.5 Å². The minimum Gasteiger partial charge on any atom is -0.338 e. The number of fused-ring (bicyclic) bond motifs is 1. The van der Waals surface area contributed by atoms with Crippen LogP contribution < -0.4 is 0 Å². The summed E-state index contributed by atoms with van der Waals surface area (Å²) in [5.74, 6) is 1.19. The third-order valence-electron chi connectivity index (χ3n) is 5.25. The monoisotopic (exact) mass is 438 g/mol. The largest absolute Gasteiger partial charge is 0.338 e. The molecule has 4 aromatic rings. The number of halogens is 1. The second-order valence-corrected chi connectivity index (χ2v) is 8.62. The lowest BCUT2D eigenvalue weighted by Crippen LogP contribution is -2.48. The minimum atomic E-state index is 0.00463. The molecule has 30 heavy (non-hydrogen) atoms. The van der Waals surface area contributed by atoms with E-state index >= 15 is 0 Å². The number of benzene rings is 2. The highest BCUT2D eigenvalue weighted by Gasteiger charge is 2.26. The standard InChI is InChI=1S/C22H19ClN4O2S/c23-19-16-8-4-5-9-17(16)30-20(19)22(28)27-12-10-26(11-13-27)14-18-24-21(25-29-18)15-6-2-1-3-7-15/h1-9H,10-14H2. The molecule has 0 radical (unpaired) electrons. The van der Waals surface area contributed by atoms with E-state index in [9.17, 15) is 4.79 Å². The predicted molar refractivity (Wildman–Crippen MR) is 118 cm³/mol. The maximum atomic E-state index is 13.0. The molecule has 2 aromatic carbocycles. The number of carbonyl (C=O) groups excluding carboxylic acids is 1. The van der Waals surface area contributed by atoms with Crippen LogP contribution in [0.1, 0.15) is 15.6 Å². The Hall–Kier alpha value is -2.74. The lowest BCUT2D eigenvalue weighted by Gasteiger charge is -2.33. The van der Waals surface area contributed by atoms with Crippen LogP contribution in [0.4, 0.5) is 0 Å². The number of thiophene rings is 1. The van der Waals surface area contributed by atoms with Crippen LogP contribution in [0, 0.1) is 0 Å². The van der Waals surface area contributed by atoms with Crippen molar-refractivity contribution in [3.05, 3.63) is 70.4 Å². The highest BCUT2D eigenvalue weighted by molar-refractivity contribution is 7.21. The number of hydrogen-bond acceptors (Lipinski definition) is 6. The van der Waals surface area contributed by atoms with Gasteiger partial charge in [-0.05, 0) is 6.07 Å². The van der Waals surface area contributed by atoms with E-state index in [2.05, 4.69) is 15.0 Å². The Labute approximate surface area is 182 Å². The molecular formula is C22H19ClN4O2S. The first-order valence-corrected chi connectivity index (χ1v) is 10.9. The SMILES string of the molecule is O=C(c1sc2ccccc2c1Cl)N1CCN(Cc2nc(-c3ccccc3)no2)CC1. The first kappa shape index (κ1) is 19.2. The lowest BCUT2D eigenvalue weighted by atomic mass is 10.2. The Balaban J connectivity index is 1.22. The summed E-state index contributed by atoms with van der Waals surface area (Å²) < 4.78 is 6.45. The van der Waals surface area contributed by atoms with Crippen molar-refractivity contribution in [3.8, 4) is 11.4 Å². The van der Waals surface area contributed by atoms with Gasteiger partial charge in [0.25, 0.3) is 5.91 Å². The van der Waals surface area contributed by atoms with E-state index in [4.69, 9.17) is 16.1 Å². The van der Waals surface area contributed by atoms with E-state index in [0.29, 0.717) is 41.2 Å². The van der Waals surface area contributed by atoms with Gasteiger partial charge < -0.3 is 9.42 Å².